The first-order chi connectivity index (χ1) is 12.2. The summed E-state index contributed by atoms with van der Waals surface area (Å²) in [5.41, 5.74) is 0.503. The van der Waals surface area contributed by atoms with Crippen LogP contribution in [0.2, 0.25) is 0 Å². The fourth-order valence-electron chi connectivity index (χ4n) is 2.54. The SMILES string of the molecule is O=C(Nc1nccs1)c1nn(-c2ccccc2)c(=O)c2ccccc12. The predicted molar refractivity (Wildman–Crippen MR) is 97.4 cm³/mol. The Morgan fingerprint density at radius 3 is 2.44 bits per heavy atom. The second-order valence-electron chi connectivity index (χ2n) is 5.24. The highest BCUT2D eigenvalue weighted by Gasteiger charge is 2.18. The van der Waals surface area contributed by atoms with E-state index in [-0.39, 0.29) is 11.3 Å². The molecule has 1 N–H and O–H groups in total. The molecule has 0 atom stereocenters. The van der Waals surface area contributed by atoms with Gasteiger partial charge >= 0.3 is 0 Å². The molecule has 25 heavy (non-hydrogen) atoms. The van der Waals surface area contributed by atoms with E-state index in [4.69, 9.17) is 0 Å². The fourth-order valence-corrected chi connectivity index (χ4v) is 3.07. The Kier molecular flexibility index (Phi) is 3.83. The maximum atomic E-state index is 12.8. The van der Waals surface area contributed by atoms with E-state index in [2.05, 4.69) is 15.4 Å². The number of amides is 1. The molecule has 4 aromatic rings. The van der Waals surface area contributed by atoms with Gasteiger partial charge in [0, 0.05) is 17.0 Å². The lowest BCUT2D eigenvalue weighted by Gasteiger charge is -2.10. The summed E-state index contributed by atoms with van der Waals surface area (Å²) in [5.74, 6) is -0.407. The lowest BCUT2D eigenvalue weighted by molar-refractivity contribution is 0.102. The summed E-state index contributed by atoms with van der Waals surface area (Å²) in [5, 5.41) is 10.2. The van der Waals surface area contributed by atoms with E-state index >= 15 is 0 Å². The zero-order chi connectivity index (χ0) is 17.2. The van der Waals surface area contributed by atoms with Crippen LogP contribution in [0.5, 0.6) is 0 Å². The second-order valence-corrected chi connectivity index (χ2v) is 6.13. The summed E-state index contributed by atoms with van der Waals surface area (Å²) in [6, 6.07) is 16.0. The Labute approximate surface area is 146 Å². The molecule has 0 aliphatic carbocycles. The van der Waals surface area contributed by atoms with Crippen LogP contribution in [-0.4, -0.2) is 20.7 Å². The van der Waals surface area contributed by atoms with Crippen LogP contribution >= 0.6 is 11.3 Å². The molecule has 0 saturated heterocycles. The van der Waals surface area contributed by atoms with Gasteiger partial charge in [-0.05, 0) is 18.2 Å². The number of thiazole rings is 1. The fraction of sp³-hybridized carbons (Fsp3) is 0. The van der Waals surface area contributed by atoms with Crippen molar-refractivity contribution in [3.05, 3.63) is 82.2 Å². The molecule has 1 amide bonds. The Bertz CT molecular complexity index is 1110. The van der Waals surface area contributed by atoms with E-state index in [1.807, 2.05) is 18.2 Å². The standard InChI is InChI=1S/C18H12N4O2S/c23-16(20-18-19-10-11-25-18)15-13-8-4-5-9-14(13)17(24)22(21-15)12-6-2-1-3-7-12/h1-11H,(H,19,20,23). The lowest BCUT2D eigenvalue weighted by Crippen LogP contribution is -2.26. The molecule has 122 valence electrons. The molecular weight excluding hydrogens is 336 g/mol. The molecule has 6 nitrogen and oxygen atoms in total. The number of carbonyl (C=O) groups excluding carboxylic acids is 1. The molecule has 0 aliphatic rings. The van der Waals surface area contributed by atoms with Crippen LogP contribution in [0, 0.1) is 0 Å². The first-order valence-electron chi connectivity index (χ1n) is 7.52. The highest BCUT2D eigenvalue weighted by atomic mass is 32.1. The molecular formula is C18H12N4O2S. The molecule has 2 aromatic heterocycles. The third-order valence-electron chi connectivity index (χ3n) is 3.67. The molecule has 4 rings (SSSR count). The molecule has 0 aliphatic heterocycles. The number of hydrogen-bond donors (Lipinski definition) is 1. The van der Waals surface area contributed by atoms with Gasteiger partial charge in [0.1, 0.15) is 0 Å². The minimum Gasteiger partial charge on any atom is -0.296 e. The van der Waals surface area contributed by atoms with Crippen LogP contribution in [0.3, 0.4) is 0 Å². The monoisotopic (exact) mass is 348 g/mol. The number of anilines is 1. The third-order valence-corrected chi connectivity index (χ3v) is 4.36. The first kappa shape index (κ1) is 15.2. The van der Waals surface area contributed by atoms with E-state index in [9.17, 15) is 9.59 Å². The average Bonchev–Trinajstić information content (AvgIpc) is 3.16. The van der Waals surface area contributed by atoms with Crippen LogP contribution in [0.1, 0.15) is 10.5 Å². The van der Waals surface area contributed by atoms with Crippen LogP contribution in [0.25, 0.3) is 16.5 Å². The largest absolute Gasteiger partial charge is 0.296 e. The van der Waals surface area contributed by atoms with Gasteiger partial charge in [0.15, 0.2) is 10.8 Å². The van der Waals surface area contributed by atoms with E-state index < -0.39 is 5.91 Å². The predicted octanol–water partition coefficient (Wildman–Crippen LogP) is 3.09. The number of fused-ring (bicyclic) bond motifs is 1. The van der Waals surface area contributed by atoms with Gasteiger partial charge in [0.05, 0.1) is 11.1 Å². The molecule has 7 heteroatoms. The number of carbonyl (C=O) groups is 1. The van der Waals surface area contributed by atoms with E-state index in [0.717, 1.165) is 0 Å². The van der Waals surface area contributed by atoms with Crippen molar-refractivity contribution in [1.82, 2.24) is 14.8 Å². The summed E-state index contributed by atoms with van der Waals surface area (Å²) in [6.45, 7) is 0. The van der Waals surface area contributed by atoms with Gasteiger partial charge in [-0.2, -0.15) is 9.78 Å². The quantitative estimate of drug-likeness (QED) is 0.617. The van der Waals surface area contributed by atoms with Crippen molar-refractivity contribution in [1.29, 1.82) is 0 Å². The van der Waals surface area contributed by atoms with Gasteiger partial charge in [-0.1, -0.05) is 36.4 Å². The molecule has 0 unspecified atom stereocenters. The third kappa shape index (κ3) is 2.81. The molecule has 0 spiro atoms. The normalized spacial score (nSPS) is 10.7. The number of nitrogens with zero attached hydrogens (tertiary/aromatic N) is 3. The van der Waals surface area contributed by atoms with Crippen LogP contribution in [-0.2, 0) is 0 Å². The van der Waals surface area contributed by atoms with Crippen LogP contribution < -0.4 is 10.9 Å². The molecule has 0 radical (unpaired) electrons. The van der Waals surface area contributed by atoms with Crippen molar-refractivity contribution < 1.29 is 4.79 Å². The molecule has 2 heterocycles. The summed E-state index contributed by atoms with van der Waals surface area (Å²) in [4.78, 5) is 29.5. The van der Waals surface area contributed by atoms with Crippen molar-refractivity contribution >= 4 is 33.1 Å². The van der Waals surface area contributed by atoms with Crippen LogP contribution in [0.4, 0.5) is 5.13 Å². The molecule has 2 aromatic carbocycles. The highest BCUT2D eigenvalue weighted by Crippen LogP contribution is 2.18. The minimum absolute atomic E-state index is 0.175. The van der Waals surface area contributed by atoms with Crippen molar-refractivity contribution in [3.8, 4) is 5.69 Å². The van der Waals surface area contributed by atoms with Crippen molar-refractivity contribution in [2.24, 2.45) is 0 Å². The maximum absolute atomic E-state index is 12.8. The zero-order valence-electron chi connectivity index (χ0n) is 12.9. The van der Waals surface area contributed by atoms with Gasteiger partial charge < -0.3 is 0 Å². The molecule has 0 bridgehead atoms. The van der Waals surface area contributed by atoms with Gasteiger partial charge in [-0.25, -0.2) is 4.98 Å². The van der Waals surface area contributed by atoms with Crippen molar-refractivity contribution in [2.45, 2.75) is 0 Å². The number of rotatable bonds is 3. The average molecular weight is 348 g/mol. The number of para-hydroxylation sites is 1. The van der Waals surface area contributed by atoms with Gasteiger partial charge in [-0.15, -0.1) is 11.3 Å². The summed E-state index contributed by atoms with van der Waals surface area (Å²) in [6.07, 6.45) is 1.61. The molecule has 0 saturated carbocycles. The Morgan fingerprint density at radius 1 is 1.00 bits per heavy atom. The zero-order valence-corrected chi connectivity index (χ0v) is 13.7. The number of benzene rings is 2. The van der Waals surface area contributed by atoms with Crippen LogP contribution in [0.15, 0.2) is 71.0 Å². The summed E-state index contributed by atoms with van der Waals surface area (Å²) >= 11 is 1.32. The Hall–Kier alpha value is -3.32. The Morgan fingerprint density at radius 2 is 1.72 bits per heavy atom. The van der Waals surface area contributed by atoms with E-state index in [1.165, 1.54) is 16.0 Å². The smallest absolute Gasteiger partial charge is 0.279 e. The topological polar surface area (TPSA) is 76.9 Å². The maximum Gasteiger partial charge on any atom is 0.279 e. The van der Waals surface area contributed by atoms with E-state index in [1.54, 1.807) is 48.0 Å². The second kappa shape index (κ2) is 6.29. The van der Waals surface area contributed by atoms with Crippen molar-refractivity contribution in [3.63, 3.8) is 0 Å². The number of nitrogens with one attached hydrogen (secondary N) is 1. The van der Waals surface area contributed by atoms with Crippen molar-refractivity contribution in [2.75, 3.05) is 5.32 Å². The van der Waals surface area contributed by atoms with Gasteiger partial charge in [0.2, 0.25) is 0 Å². The Balaban J connectivity index is 1.92. The highest BCUT2D eigenvalue weighted by molar-refractivity contribution is 7.13. The van der Waals surface area contributed by atoms with Gasteiger partial charge in [0.25, 0.3) is 11.5 Å². The summed E-state index contributed by atoms with van der Waals surface area (Å²) < 4.78 is 1.25. The molecule has 0 fully saturated rings. The minimum atomic E-state index is -0.407. The summed E-state index contributed by atoms with van der Waals surface area (Å²) in [7, 11) is 0. The number of hydrogen-bond acceptors (Lipinski definition) is 5. The first-order valence-corrected chi connectivity index (χ1v) is 8.40. The van der Waals surface area contributed by atoms with Gasteiger partial charge in [-0.3, -0.25) is 14.9 Å². The number of aromatic nitrogens is 3. The van der Waals surface area contributed by atoms with E-state index in [0.29, 0.717) is 21.6 Å². The lowest BCUT2D eigenvalue weighted by atomic mass is 10.1.